The van der Waals surface area contributed by atoms with Crippen LogP contribution in [0.15, 0.2) is 33.5 Å². The third kappa shape index (κ3) is 4.85. The first-order chi connectivity index (χ1) is 15.7. The number of thiazole rings is 1. The predicted octanol–water partition coefficient (Wildman–Crippen LogP) is 0.324. The molecule has 3 heterocycles. The molecule has 1 aromatic heterocycles. The minimum Gasteiger partial charge on any atom is -0.477 e. The number of rotatable bonds is 8. The lowest BCUT2D eigenvalue weighted by atomic mass is 10.0. The number of β-lactam (4-membered cyclic amide) rings is 1. The van der Waals surface area contributed by atoms with Crippen LogP contribution in [0.4, 0.5) is 5.13 Å². The molecule has 2 amide bonds. The number of aromatic nitrogens is 1. The third-order valence-corrected chi connectivity index (χ3v) is 6.84. The molecule has 12 nitrogen and oxygen atoms in total. The van der Waals surface area contributed by atoms with E-state index in [9.17, 15) is 24.3 Å². The Morgan fingerprint density at radius 2 is 2.18 bits per heavy atom. The summed E-state index contributed by atoms with van der Waals surface area (Å²) in [6.45, 7) is 2.99. The van der Waals surface area contributed by atoms with Gasteiger partial charge < -0.3 is 25.7 Å². The Labute approximate surface area is 196 Å². The number of anilines is 1. The fourth-order valence-corrected chi connectivity index (χ4v) is 4.96. The number of carboxylic acid groups (broad SMARTS) is 1. The van der Waals surface area contributed by atoms with Gasteiger partial charge in [-0.1, -0.05) is 11.2 Å². The molecule has 0 radical (unpaired) electrons. The lowest BCUT2D eigenvalue weighted by molar-refractivity contribution is -0.150. The Morgan fingerprint density at radius 1 is 1.45 bits per heavy atom. The molecule has 0 saturated carbocycles. The maximum absolute atomic E-state index is 12.8. The molecule has 2 aliphatic heterocycles. The zero-order chi connectivity index (χ0) is 24.3. The minimum absolute atomic E-state index is 0.168. The third-order valence-electron chi connectivity index (χ3n) is 4.83. The molecule has 176 valence electrons. The van der Waals surface area contributed by atoms with Crippen LogP contribution >= 0.6 is 23.1 Å². The van der Waals surface area contributed by atoms with Crippen molar-refractivity contribution in [2.75, 3.05) is 25.2 Å². The highest BCUT2D eigenvalue weighted by Crippen LogP contribution is 2.40. The van der Waals surface area contributed by atoms with Crippen LogP contribution in [0.25, 0.3) is 0 Å². The molecule has 2 aliphatic rings. The number of thioether (sulfide) groups is 1. The van der Waals surface area contributed by atoms with Gasteiger partial charge in [0.2, 0.25) is 0 Å². The van der Waals surface area contributed by atoms with Gasteiger partial charge in [-0.2, -0.15) is 0 Å². The molecule has 0 bridgehead atoms. The van der Waals surface area contributed by atoms with Gasteiger partial charge in [0.15, 0.2) is 10.8 Å². The lowest BCUT2D eigenvalue weighted by Crippen LogP contribution is -2.71. The van der Waals surface area contributed by atoms with Gasteiger partial charge in [-0.15, -0.1) is 23.1 Å². The van der Waals surface area contributed by atoms with Crippen molar-refractivity contribution in [1.82, 2.24) is 15.2 Å². The van der Waals surface area contributed by atoms with E-state index >= 15 is 0 Å². The number of nitrogens with one attached hydrogen (secondary N) is 1. The van der Waals surface area contributed by atoms with E-state index in [0.29, 0.717) is 11.1 Å². The van der Waals surface area contributed by atoms with Crippen LogP contribution < -0.4 is 11.1 Å². The van der Waals surface area contributed by atoms with E-state index in [1.807, 2.05) is 0 Å². The van der Waals surface area contributed by atoms with Gasteiger partial charge in [-0.05, 0) is 13.8 Å². The molecule has 33 heavy (non-hydrogen) atoms. The van der Waals surface area contributed by atoms with Gasteiger partial charge in [0.05, 0.1) is 0 Å². The summed E-state index contributed by atoms with van der Waals surface area (Å²) in [5.41, 5.74) is 6.04. The second-order valence-electron chi connectivity index (χ2n) is 6.86. The average Bonchev–Trinajstić information content (AvgIpc) is 3.23. The maximum atomic E-state index is 12.8. The number of oxime groups is 1. The summed E-state index contributed by atoms with van der Waals surface area (Å²) in [5, 5.41) is 17.0. The number of amides is 2. The van der Waals surface area contributed by atoms with Crippen molar-refractivity contribution in [3.63, 3.8) is 0 Å². The lowest BCUT2D eigenvalue weighted by Gasteiger charge is -2.49. The van der Waals surface area contributed by atoms with Crippen molar-refractivity contribution in [2.24, 2.45) is 5.16 Å². The van der Waals surface area contributed by atoms with Crippen LogP contribution in [-0.4, -0.2) is 75.3 Å². The zero-order valence-corrected chi connectivity index (χ0v) is 19.5. The molecule has 0 aliphatic carbocycles. The molecular formula is C19H21N5O7S2. The Kier molecular flexibility index (Phi) is 7.38. The summed E-state index contributed by atoms with van der Waals surface area (Å²) in [6, 6.07) is -0.982. The van der Waals surface area contributed by atoms with Crippen molar-refractivity contribution in [1.29, 1.82) is 0 Å². The molecule has 1 saturated heterocycles. The van der Waals surface area contributed by atoms with Crippen molar-refractivity contribution in [3.8, 4) is 0 Å². The summed E-state index contributed by atoms with van der Waals surface area (Å²) in [7, 11) is 1.26. The number of fused-ring (bicyclic) bond motifs is 1. The largest absolute Gasteiger partial charge is 0.477 e. The van der Waals surface area contributed by atoms with E-state index in [0.717, 1.165) is 16.2 Å². The molecule has 1 aromatic rings. The topological polar surface area (TPSA) is 174 Å². The zero-order valence-electron chi connectivity index (χ0n) is 17.9. The van der Waals surface area contributed by atoms with E-state index in [1.165, 1.54) is 24.3 Å². The first kappa shape index (κ1) is 24.3. The molecule has 0 unspecified atom stereocenters. The second-order valence-corrected chi connectivity index (χ2v) is 8.85. The van der Waals surface area contributed by atoms with Crippen LogP contribution in [0, 0.1) is 0 Å². The molecule has 2 atom stereocenters. The second kappa shape index (κ2) is 10.0. The SMILES string of the molecule is CC=C(C)C(=O)OCC1=C(C(=O)O)N2C(=O)[C@@H](NC(=O)C(=NOC)c3csc(N)n3)[C@H]2SC1. The standard InChI is InChI=1S/C19H21N5O7S2/c1-4-8(2)18(29)31-5-9-6-32-16-12(15(26)24(16)13(9)17(27)28)22-14(25)11(23-30-3)10-7-33-19(20)21-10/h4,7,12,16H,5-6H2,1-3H3,(H2,20,21)(H,22,25)(H,27,28)/t12-,16-/m1/s1. The Bertz CT molecular complexity index is 1090. The highest BCUT2D eigenvalue weighted by molar-refractivity contribution is 8.00. The number of nitrogen functional groups attached to an aromatic ring is 1. The van der Waals surface area contributed by atoms with E-state index in [2.05, 4.69) is 15.5 Å². The smallest absolute Gasteiger partial charge is 0.352 e. The average molecular weight is 496 g/mol. The van der Waals surface area contributed by atoms with Gasteiger partial charge in [-0.3, -0.25) is 14.5 Å². The number of nitrogens with zero attached hydrogens (tertiary/aromatic N) is 3. The van der Waals surface area contributed by atoms with Crippen molar-refractivity contribution in [3.05, 3.63) is 34.0 Å². The number of nitrogens with two attached hydrogens (primary N) is 1. The van der Waals surface area contributed by atoms with Crippen LogP contribution in [-0.2, 0) is 28.8 Å². The Hall–Kier alpha value is -3.39. The van der Waals surface area contributed by atoms with E-state index in [4.69, 9.17) is 15.3 Å². The van der Waals surface area contributed by atoms with E-state index < -0.39 is 35.2 Å². The first-order valence-corrected chi connectivity index (χ1v) is 11.5. The molecular weight excluding hydrogens is 474 g/mol. The maximum Gasteiger partial charge on any atom is 0.352 e. The summed E-state index contributed by atoms with van der Waals surface area (Å²) in [4.78, 5) is 59.1. The Morgan fingerprint density at radius 3 is 2.76 bits per heavy atom. The molecule has 14 heteroatoms. The molecule has 0 spiro atoms. The first-order valence-electron chi connectivity index (χ1n) is 9.53. The van der Waals surface area contributed by atoms with Crippen LogP contribution in [0.5, 0.6) is 0 Å². The molecule has 1 fully saturated rings. The number of esters is 1. The highest BCUT2D eigenvalue weighted by Gasteiger charge is 2.54. The molecule has 3 rings (SSSR count). The van der Waals surface area contributed by atoms with Gasteiger partial charge in [0.25, 0.3) is 11.8 Å². The minimum atomic E-state index is -1.33. The highest BCUT2D eigenvalue weighted by atomic mass is 32.2. The van der Waals surface area contributed by atoms with Crippen LogP contribution in [0.3, 0.4) is 0 Å². The van der Waals surface area contributed by atoms with Gasteiger partial charge in [0.1, 0.15) is 36.5 Å². The van der Waals surface area contributed by atoms with Crippen LogP contribution in [0.1, 0.15) is 19.5 Å². The molecule has 0 aromatic carbocycles. The summed E-state index contributed by atoms with van der Waals surface area (Å²) in [5.74, 6) is -3.03. The van der Waals surface area contributed by atoms with Gasteiger partial charge >= 0.3 is 11.9 Å². The van der Waals surface area contributed by atoms with E-state index in [-0.39, 0.29) is 34.6 Å². The number of hydrogen-bond acceptors (Lipinski definition) is 11. The molecule has 4 N–H and O–H groups in total. The number of carbonyl (C=O) groups is 4. The van der Waals surface area contributed by atoms with Crippen molar-refractivity contribution in [2.45, 2.75) is 25.3 Å². The van der Waals surface area contributed by atoms with E-state index in [1.54, 1.807) is 19.9 Å². The number of ether oxygens (including phenoxy) is 1. The fourth-order valence-electron chi connectivity index (χ4n) is 3.08. The number of aliphatic carboxylic acids is 1. The monoisotopic (exact) mass is 495 g/mol. The van der Waals surface area contributed by atoms with Crippen molar-refractivity contribution >= 4 is 57.7 Å². The summed E-state index contributed by atoms with van der Waals surface area (Å²) >= 11 is 2.35. The van der Waals surface area contributed by atoms with Gasteiger partial charge in [0, 0.05) is 22.3 Å². The number of allylic oxidation sites excluding steroid dienone is 1. The summed E-state index contributed by atoms with van der Waals surface area (Å²) < 4.78 is 5.16. The fraction of sp³-hybridized carbons (Fsp3) is 0.368. The number of carboxylic acids is 1. The number of hydrogen-bond donors (Lipinski definition) is 3. The Balaban J connectivity index is 1.75. The van der Waals surface area contributed by atoms with Crippen molar-refractivity contribution < 1.29 is 33.9 Å². The predicted molar refractivity (Wildman–Crippen MR) is 120 cm³/mol. The number of carbonyl (C=O) groups excluding carboxylic acids is 3. The quantitative estimate of drug-likeness (QED) is 0.150. The summed E-state index contributed by atoms with van der Waals surface area (Å²) in [6.07, 6.45) is 1.58. The van der Waals surface area contributed by atoms with Gasteiger partial charge in [-0.25, -0.2) is 14.6 Å². The normalized spacial score (nSPS) is 20.7. The van der Waals surface area contributed by atoms with Crippen LogP contribution in [0.2, 0.25) is 0 Å².